The summed E-state index contributed by atoms with van der Waals surface area (Å²) >= 11 is 11.5. The largest absolute Gasteiger partial charge is 0.367 e. The van der Waals surface area contributed by atoms with Gasteiger partial charge in [-0.05, 0) is 18.2 Å². The molecule has 2 N–H and O–H groups in total. The number of primary amides is 1. The fraction of sp³-hybridized carbons (Fsp3) is 0.200. The van der Waals surface area contributed by atoms with Gasteiger partial charge >= 0.3 is 0 Å². The lowest BCUT2D eigenvalue weighted by Crippen LogP contribution is -2.23. The van der Waals surface area contributed by atoms with E-state index in [0.717, 1.165) is 0 Å². The van der Waals surface area contributed by atoms with Crippen molar-refractivity contribution >= 4 is 34.9 Å². The van der Waals surface area contributed by atoms with Gasteiger partial charge in [0, 0.05) is 5.56 Å². The third kappa shape index (κ3) is 2.04. The van der Waals surface area contributed by atoms with Crippen molar-refractivity contribution in [3.63, 3.8) is 0 Å². The Morgan fingerprint density at radius 1 is 1.19 bits per heavy atom. The molecule has 0 aromatic heterocycles. The van der Waals surface area contributed by atoms with Crippen LogP contribution in [0.5, 0.6) is 0 Å². The van der Waals surface area contributed by atoms with Crippen LogP contribution in [0.2, 0.25) is 10.0 Å². The molecule has 1 aliphatic heterocycles. The van der Waals surface area contributed by atoms with E-state index in [4.69, 9.17) is 33.7 Å². The quantitative estimate of drug-likeness (QED) is 0.660. The number of benzene rings is 1. The second-order valence-electron chi connectivity index (χ2n) is 3.37. The van der Waals surface area contributed by atoms with Crippen LogP contribution >= 0.6 is 23.2 Å². The lowest BCUT2D eigenvalue weighted by atomic mass is 10.1. The van der Waals surface area contributed by atoms with E-state index in [2.05, 4.69) is 0 Å². The third-order valence-corrected chi connectivity index (χ3v) is 2.97. The highest BCUT2D eigenvalue weighted by atomic mass is 35.5. The standard InChI is InChI=1S/C10H7Cl2NO3/c11-5-2-1-4(3-6(5)12)7(14)8-9(16-8)10(13)15/h1-3,8-9H,(H2,13,15). The number of epoxide rings is 1. The molecule has 6 heteroatoms. The molecule has 0 radical (unpaired) electrons. The Morgan fingerprint density at radius 2 is 1.88 bits per heavy atom. The van der Waals surface area contributed by atoms with Crippen molar-refractivity contribution in [3.05, 3.63) is 33.8 Å². The van der Waals surface area contributed by atoms with Crippen LogP contribution < -0.4 is 5.73 Å². The van der Waals surface area contributed by atoms with E-state index in [0.29, 0.717) is 10.6 Å². The van der Waals surface area contributed by atoms with E-state index in [1.807, 2.05) is 0 Å². The molecule has 2 atom stereocenters. The van der Waals surface area contributed by atoms with Crippen molar-refractivity contribution in [2.45, 2.75) is 12.2 Å². The molecule has 84 valence electrons. The summed E-state index contributed by atoms with van der Waals surface area (Å²) in [5.41, 5.74) is 5.34. The molecule has 0 spiro atoms. The number of carbonyl (C=O) groups excluding carboxylic acids is 2. The number of halogens is 2. The average molecular weight is 260 g/mol. The Bertz CT molecular complexity index is 475. The van der Waals surface area contributed by atoms with Gasteiger partial charge in [-0.3, -0.25) is 9.59 Å². The summed E-state index contributed by atoms with van der Waals surface area (Å²) in [7, 11) is 0. The van der Waals surface area contributed by atoms with Gasteiger partial charge in [0.05, 0.1) is 10.0 Å². The van der Waals surface area contributed by atoms with Gasteiger partial charge in [-0.1, -0.05) is 23.2 Å². The Balaban J connectivity index is 2.17. The van der Waals surface area contributed by atoms with E-state index in [9.17, 15) is 9.59 Å². The van der Waals surface area contributed by atoms with Crippen molar-refractivity contribution < 1.29 is 14.3 Å². The highest BCUT2D eigenvalue weighted by molar-refractivity contribution is 6.42. The zero-order chi connectivity index (χ0) is 11.9. The van der Waals surface area contributed by atoms with Crippen LogP contribution in [0.15, 0.2) is 18.2 Å². The highest BCUT2D eigenvalue weighted by Crippen LogP contribution is 2.28. The molecule has 1 aromatic carbocycles. The maximum absolute atomic E-state index is 11.8. The molecule has 2 unspecified atom stereocenters. The smallest absolute Gasteiger partial charge is 0.249 e. The van der Waals surface area contributed by atoms with Gasteiger partial charge in [0.25, 0.3) is 0 Å². The van der Waals surface area contributed by atoms with Crippen molar-refractivity contribution in [2.75, 3.05) is 0 Å². The minimum atomic E-state index is -0.818. The molecule has 1 heterocycles. The predicted molar refractivity (Wildman–Crippen MR) is 58.6 cm³/mol. The van der Waals surface area contributed by atoms with Crippen molar-refractivity contribution in [1.82, 2.24) is 0 Å². The van der Waals surface area contributed by atoms with Gasteiger partial charge in [-0.25, -0.2) is 0 Å². The lowest BCUT2D eigenvalue weighted by molar-refractivity contribution is -0.119. The summed E-state index contributed by atoms with van der Waals surface area (Å²) < 4.78 is 4.86. The Hall–Kier alpha value is -1.10. The van der Waals surface area contributed by atoms with E-state index < -0.39 is 18.1 Å². The number of nitrogens with two attached hydrogens (primary N) is 1. The topological polar surface area (TPSA) is 72.7 Å². The van der Waals surface area contributed by atoms with Gasteiger partial charge in [0.15, 0.2) is 18.0 Å². The number of ketones is 1. The van der Waals surface area contributed by atoms with E-state index in [-0.39, 0.29) is 10.8 Å². The van der Waals surface area contributed by atoms with Crippen molar-refractivity contribution in [3.8, 4) is 0 Å². The van der Waals surface area contributed by atoms with Crippen LogP contribution in [0.25, 0.3) is 0 Å². The molecule has 1 aliphatic rings. The first-order valence-corrected chi connectivity index (χ1v) is 5.20. The molecule has 2 rings (SSSR count). The van der Waals surface area contributed by atoms with Gasteiger partial charge in [0.2, 0.25) is 5.91 Å². The van der Waals surface area contributed by atoms with Crippen LogP contribution in [0.3, 0.4) is 0 Å². The van der Waals surface area contributed by atoms with Crippen LogP contribution in [-0.4, -0.2) is 23.9 Å². The molecule has 1 saturated heterocycles. The average Bonchev–Trinajstić information content (AvgIpc) is 3.01. The normalized spacial score (nSPS) is 22.9. The lowest BCUT2D eigenvalue weighted by Gasteiger charge is -1.99. The van der Waals surface area contributed by atoms with E-state index in [1.165, 1.54) is 18.2 Å². The molecule has 0 saturated carbocycles. The van der Waals surface area contributed by atoms with Gasteiger partial charge in [-0.2, -0.15) is 0 Å². The number of carbonyl (C=O) groups is 2. The first-order valence-electron chi connectivity index (χ1n) is 4.45. The zero-order valence-corrected chi connectivity index (χ0v) is 9.46. The number of rotatable bonds is 3. The molecule has 0 bridgehead atoms. The Labute approximate surface area is 101 Å². The summed E-state index contributed by atoms with van der Waals surface area (Å²) in [4.78, 5) is 22.5. The van der Waals surface area contributed by atoms with E-state index in [1.54, 1.807) is 0 Å². The second-order valence-corrected chi connectivity index (χ2v) is 4.19. The number of hydrogen-bond acceptors (Lipinski definition) is 3. The fourth-order valence-corrected chi connectivity index (χ4v) is 1.64. The third-order valence-electron chi connectivity index (χ3n) is 2.23. The summed E-state index contributed by atoms with van der Waals surface area (Å²) in [6.45, 7) is 0. The number of Topliss-reactive ketones (excluding diaryl/α,β-unsaturated/α-hetero) is 1. The molecule has 0 aliphatic carbocycles. The minimum absolute atomic E-state index is 0.281. The minimum Gasteiger partial charge on any atom is -0.367 e. The molecule has 1 amide bonds. The number of amides is 1. The maximum Gasteiger partial charge on any atom is 0.249 e. The summed E-state index contributed by atoms with van der Waals surface area (Å²) in [6, 6.07) is 4.47. The molecule has 16 heavy (non-hydrogen) atoms. The van der Waals surface area contributed by atoms with Crippen LogP contribution in [0.4, 0.5) is 0 Å². The maximum atomic E-state index is 11.8. The Morgan fingerprint density at radius 3 is 2.38 bits per heavy atom. The monoisotopic (exact) mass is 259 g/mol. The van der Waals surface area contributed by atoms with Crippen molar-refractivity contribution in [2.24, 2.45) is 5.73 Å². The first-order chi connectivity index (χ1) is 7.50. The Kier molecular flexibility index (Phi) is 2.88. The summed E-state index contributed by atoms with van der Waals surface area (Å²) in [5.74, 6) is -0.958. The molecular weight excluding hydrogens is 253 g/mol. The van der Waals surface area contributed by atoms with Crippen LogP contribution in [0, 0.1) is 0 Å². The van der Waals surface area contributed by atoms with Gasteiger partial charge in [0.1, 0.15) is 0 Å². The fourth-order valence-electron chi connectivity index (χ4n) is 1.34. The SMILES string of the molecule is NC(=O)C1OC1C(=O)c1ccc(Cl)c(Cl)c1. The molecule has 1 aromatic rings. The number of ether oxygens (including phenoxy) is 1. The second kappa shape index (κ2) is 4.05. The first kappa shape index (κ1) is 11.4. The highest BCUT2D eigenvalue weighted by Gasteiger charge is 2.49. The molecule has 1 fully saturated rings. The van der Waals surface area contributed by atoms with E-state index >= 15 is 0 Å². The molecule has 4 nitrogen and oxygen atoms in total. The van der Waals surface area contributed by atoms with Crippen molar-refractivity contribution in [1.29, 1.82) is 0 Å². The van der Waals surface area contributed by atoms with Gasteiger partial charge in [-0.15, -0.1) is 0 Å². The number of hydrogen-bond donors (Lipinski definition) is 1. The zero-order valence-electron chi connectivity index (χ0n) is 7.94. The van der Waals surface area contributed by atoms with Gasteiger partial charge < -0.3 is 10.5 Å². The predicted octanol–water partition coefficient (Wildman–Crippen LogP) is 1.43. The van der Waals surface area contributed by atoms with Crippen LogP contribution in [-0.2, 0) is 9.53 Å². The summed E-state index contributed by atoms with van der Waals surface area (Å²) in [5, 5.41) is 0.644. The molecular formula is C10H7Cl2NO3. The summed E-state index contributed by atoms with van der Waals surface area (Å²) in [6.07, 6.45) is -1.60. The van der Waals surface area contributed by atoms with Crippen LogP contribution in [0.1, 0.15) is 10.4 Å².